The van der Waals surface area contributed by atoms with E-state index in [1.807, 2.05) is 16.9 Å². The van der Waals surface area contributed by atoms with Crippen LogP contribution in [0.2, 0.25) is 0 Å². The Hall–Kier alpha value is -2.43. The molecule has 1 aromatic heterocycles. The van der Waals surface area contributed by atoms with Crippen LogP contribution >= 0.6 is 0 Å². The minimum atomic E-state index is 0.106. The molecule has 1 aliphatic rings. The maximum absolute atomic E-state index is 10.1. The Bertz CT molecular complexity index is 851. The molecule has 4 rings (SSSR count). The number of benzene rings is 2. The minimum absolute atomic E-state index is 0.106. The fourth-order valence-electron chi connectivity index (χ4n) is 4.42. The Balaban J connectivity index is 1.26. The predicted molar refractivity (Wildman–Crippen MR) is 117 cm³/mol. The molecular weight excluding hydrogens is 358 g/mol. The zero-order valence-electron chi connectivity index (χ0n) is 17.1. The van der Waals surface area contributed by atoms with Gasteiger partial charge in [0.1, 0.15) is 0 Å². The highest BCUT2D eigenvalue weighted by Crippen LogP contribution is 2.36. The average Bonchev–Trinajstić information content (AvgIpc) is 3.31. The normalized spacial score (nSPS) is 16.7. The van der Waals surface area contributed by atoms with Gasteiger partial charge in [0.2, 0.25) is 0 Å². The van der Waals surface area contributed by atoms with E-state index in [4.69, 9.17) is 0 Å². The third-order valence-electron chi connectivity index (χ3n) is 6.38. The van der Waals surface area contributed by atoms with Crippen LogP contribution in [0.5, 0.6) is 0 Å². The standard InChI is InChI=1S/C25H31N3O/c29-21-25(13-4-8-22-6-2-1-3-7-22)14-18-27(19-15-25)20-23-9-11-24(12-10-23)28-17-5-16-26-28/h1-3,5-7,9-12,16-17,29H,4,8,13-15,18-21H2. The van der Waals surface area contributed by atoms with Crippen LogP contribution in [0.3, 0.4) is 0 Å². The van der Waals surface area contributed by atoms with Crippen molar-refractivity contribution in [1.82, 2.24) is 14.7 Å². The van der Waals surface area contributed by atoms with Crippen molar-refractivity contribution in [3.63, 3.8) is 0 Å². The molecule has 0 saturated carbocycles. The number of hydrogen-bond donors (Lipinski definition) is 1. The lowest BCUT2D eigenvalue weighted by molar-refractivity contribution is 0.0330. The second-order valence-corrected chi connectivity index (χ2v) is 8.39. The van der Waals surface area contributed by atoms with Crippen molar-refractivity contribution < 1.29 is 5.11 Å². The molecule has 3 aromatic rings. The van der Waals surface area contributed by atoms with E-state index in [0.717, 1.165) is 57.4 Å². The van der Waals surface area contributed by atoms with Gasteiger partial charge in [0.05, 0.1) is 5.69 Å². The fraction of sp³-hybridized carbons (Fsp3) is 0.400. The summed E-state index contributed by atoms with van der Waals surface area (Å²) in [5.74, 6) is 0. The molecule has 1 saturated heterocycles. The molecule has 1 N–H and O–H groups in total. The second-order valence-electron chi connectivity index (χ2n) is 8.39. The molecule has 4 nitrogen and oxygen atoms in total. The van der Waals surface area contributed by atoms with E-state index >= 15 is 0 Å². The Labute approximate surface area is 173 Å². The number of nitrogens with zero attached hydrogens (tertiary/aromatic N) is 3. The quantitative estimate of drug-likeness (QED) is 0.618. The van der Waals surface area contributed by atoms with Crippen LogP contribution in [-0.4, -0.2) is 39.5 Å². The summed E-state index contributed by atoms with van der Waals surface area (Å²) in [6.07, 6.45) is 9.31. The number of rotatable bonds is 8. The smallest absolute Gasteiger partial charge is 0.0645 e. The van der Waals surface area contributed by atoms with E-state index in [-0.39, 0.29) is 5.41 Å². The van der Waals surface area contributed by atoms with Gasteiger partial charge in [0.25, 0.3) is 0 Å². The van der Waals surface area contributed by atoms with Crippen LogP contribution in [0.15, 0.2) is 73.1 Å². The summed E-state index contributed by atoms with van der Waals surface area (Å²) >= 11 is 0. The maximum atomic E-state index is 10.1. The van der Waals surface area contributed by atoms with Gasteiger partial charge in [-0.05, 0) is 79.9 Å². The van der Waals surface area contributed by atoms with Crippen molar-refractivity contribution in [2.75, 3.05) is 19.7 Å². The number of aliphatic hydroxyl groups is 1. The first-order valence-corrected chi connectivity index (χ1v) is 10.7. The SMILES string of the molecule is OCC1(CCCc2ccccc2)CCN(Cc2ccc(-n3cccn3)cc2)CC1. The number of likely N-dealkylation sites (tertiary alicyclic amines) is 1. The molecule has 152 valence electrons. The van der Waals surface area contributed by atoms with Gasteiger partial charge in [-0.1, -0.05) is 42.5 Å². The van der Waals surface area contributed by atoms with Gasteiger partial charge in [0, 0.05) is 25.5 Å². The van der Waals surface area contributed by atoms with Crippen LogP contribution in [0, 0.1) is 5.41 Å². The summed E-state index contributed by atoms with van der Waals surface area (Å²) in [6.45, 7) is 3.42. The van der Waals surface area contributed by atoms with Gasteiger partial charge in [-0.2, -0.15) is 5.10 Å². The minimum Gasteiger partial charge on any atom is -0.396 e. The number of aliphatic hydroxyl groups excluding tert-OH is 1. The van der Waals surface area contributed by atoms with E-state index < -0.39 is 0 Å². The molecule has 1 aliphatic heterocycles. The Morgan fingerprint density at radius 2 is 1.66 bits per heavy atom. The van der Waals surface area contributed by atoms with Crippen LogP contribution in [0.4, 0.5) is 0 Å². The van der Waals surface area contributed by atoms with E-state index in [9.17, 15) is 5.11 Å². The number of aromatic nitrogens is 2. The van der Waals surface area contributed by atoms with Crippen molar-refractivity contribution in [3.8, 4) is 5.69 Å². The van der Waals surface area contributed by atoms with Gasteiger partial charge < -0.3 is 5.11 Å². The molecule has 4 heteroatoms. The largest absolute Gasteiger partial charge is 0.396 e. The summed E-state index contributed by atoms with van der Waals surface area (Å²) in [5, 5.41) is 14.4. The monoisotopic (exact) mass is 389 g/mol. The molecular formula is C25H31N3O. The van der Waals surface area contributed by atoms with Crippen LogP contribution in [0.1, 0.15) is 36.8 Å². The predicted octanol–water partition coefficient (Wildman–Crippen LogP) is 4.47. The summed E-state index contributed by atoms with van der Waals surface area (Å²) in [6, 6.07) is 21.3. The molecule has 1 fully saturated rings. The van der Waals surface area contributed by atoms with Gasteiger partial charge in [-0.25, -0.2) is 4.68 Å². The molecule has 0 bridgehead atoms. The Morgan fingerprint density at radius 1 is 0.897 bits per heavy atom. The number of hydrogen-bond acceptors (Lipinski definition) is 3. The summed E-state index contributed by atoms with van der Waals surface area (Å²) in [4.78, 5) is 2.52. The average molecular weight is 390 g/mol. The molecule has 0 spiro atoms. The van der Waals surface area contributed by atoms with Crippen molar-refractivity contribution in [1.29, 1.82) is 0 Å². The third-order valence-corrected chi connectivity index (χ3v) is 6.38. The lowest BCUT2D eigenvalue weighted by Crippen LogP contribution is -2.41. The highest BCUT2D eigenvalue weighted by atomic mass is 16.3. The molecule has 2 heterocycles. The zero-order chi connectivity index (χ0) is 19.9. The van der Waals surface area contributed by atoms with Crippen LogP contribution in [0.25, 0.3) is 5.69 Å². The lowest BCUT2D eigenvalue weighted by Gasteiger charge is -2.41. The molecule has 0 aliphatic carbocycles. The van der Waals surface area contributed by atoms with Crippen molar-refractivity contribution in [2.45, 2.75) is 38.6 Å². The van der Waals surface area contributed by atoms with Gasteiger partial charge in [-0.15, -0.1) is 0 Å². The van der Waals surface area contributed by atoms with E-state index in [2.05, 4.69) is 64.6 Å². The Morgan fingerprint density at radius 3 is 2.31 bits per heavy atom. The molecule has 0 atom stereocenters. The molecule has 0 amide bonds. The van der Waals surface area contributed by atoms with Crippen molar-refractivity contribution in [3.05, 3.63) is 84.2 Å². The maximum Gasteiger partial charge on any atom is 0.0645 e. The summed E-state index contributed by atoms with van der Waals surface area (Å²) in [7, 11) is 0. The molecule has 29 heavy (non-hydrogen) atoms. The molecule has 0 radical (unpaired) electrons. The first kappa shape index (κ1) is 19.9. The third kappa shape index (κ3) is 5.14. The topological polar surface area (TPSA) is 41.3 Å². The number of aryl methyl sites for hydroxylation is 1. The Kier molecular flexibility index (Phi) is 6.43. The number of piperidine rings is 1. The summed E-state index contributed by atoms with van der Waals surface area (Å²) in [5.41, 5.74) is 3.93. The molecule has 0 unspecified atom stereocenters. The highest BCUT2D eigenvalue weighted by Gasteiger charge is 2.33. The zero-order valence-corrected chi connectivity index (χ0v) is 17.1. The lowest BCUT2D eigenvalue weighted by atomic mass is 9.75. The van der Waals surface area contributed by atoms with E-state index in [0.29, 0.717) is 6.61 Å². The van der Waals surface area contributed by atoms with E-state index in [1.165, 1.54) is 11.1 Å². The first-order chi connectivity index (χ1) is 14.3. The van der Waals surface area contributed by atoms with Crippen molar-refractivity contribution >= 4 is 0 Å². The van der Waals surface area contributed by atoms with Crippen LogP contribution < -0.4 is 0 Å². The highest BCUT2D eigenvalue weighted by molar-refractivity contribution is 5.33. The van der Waals surface area contributed by atoms with Gasteiger partial charge in [0.15, 0.2) is 0 Å². The molecule has 2 aromatic carbocycles. The van der Waals surface area contributed by atoms with Crippen LogP contribution in [-0.2, 0) is 13.0 Å². The van der Waals surface area contributed by atoms with E-state index in [1.54, 1.807) is 6.20 Å². The van der Waals surface area contributed by atoms with Gasteiger partial charge in [-0.3, -0.25) is 4.90 Å². The second kappa shape index (κ2) is 9.38. The first-order valence-electron chi connectivity index (χ1n) is 10.7. The van der Waals surface area contributed by atoms with Gasteiger partial charge >= 0.3 is 0 Å². The fourth-order valence-corrected chi connectivity index (χ4v) is 4.42. The summed E-state index contributed by atoms with van der Waals surface area (Å²) < 4.78 is 1.88. The van der Waals surface area contributed by atoms with Crippen molar-refractivity contribution in [2.24, 2.45) is 5.41 Å².